The van der Waals surface area contributed by atoms with Crippen molar-refractivity contribution in [1.29, 1.82) is 0 Å². The molecule has 0 radical (unpaired) electrons. The van der Waals surface area contributed by atoms with Gasteiger partial charge in [-0.1, -0.05) is 0 Å². The summed E-state index contributed by atoms with van der Waals surface area (Å²) >= 11 is 3.17. The van der Waals surface area contributed by atoms with E-state index in [-0.39, 0.29) is 0 Å². The zero-order valence-corrected chi connectivity index (χ0v) is 13.1. The standard InChI is InChI=1S/C9H13BrN2O4S2/c1-7-8(3-4-9(10)11-7)12-18(15,16)6-5-17(2,13)14/h3-4,12H,5-6H2,1-2H3. The van der Waals surface area contributed by atoms with Crippen molar-refractivity contribution in [2.75, 3.05) is 22.5 Å². The van der Waals surface area contributed by atoms with E-state index in [4.69, 9.17) is 0 Å². The van der Waals surface area contributed by atoms with E-state index in [9.17, 15) is 16.8 Å². The maximum atomic E-state index is 11.7. The molecule has 1 aromatic heterocycles. The topological polar surface area (TPSA) is 93.2 Å². The lowest BCUT2D eigenvalue weighted by Crippen LogP contribution is -2.22. The average molecular weight is 357 g/mol. The number of pyridine rings is 1. The molecule has 6 nitrogen and oxygen atoms in total. The third kappa shape index (κ3) is 5.32. The van der Waals surface area contributed by atoms with Crippen LogP contribution in [0.15, 0.2) is 16.7 Å². The molecule has 0 aliphatic carbocycles. The Bertz CT molecular complexity index is 641. The molecule has 0 unspecified atom stereocenters. The van der Waals surface area contributed by atoms with Crippen LogP contribution in [-0.4, -0.2) is 39.6 Å². The van der Waals surface area contributed by atoms with Crippen molar-refractivity contribution >= 4 is 41.5 Å². The molecule has 0 bridgehead atoms. The highest BCUT2D eigenvalue weighted by molar-refractivity contribution is 9.10. The lowest BCUT2D eigenvalue weighted by atomic mass is 10.3. The average Bonchev–Trinajstić information content (AvgIpc) is 2.19. The zero-order chi connectivity index (χ0) is 14.0. The molecule has 0 saturated heterocycles. The summed E-state index contributed by atoms with van der Waals surface area (Å²) in [5.74, 6) is -0.882. The smallest absolute Gasteiger partial charge is 0.233 e. The van der Waals surface area contributed by atoms with Crippen LogP contribution in [0.1, 0.15) is 5.69 Å². The summed E-state index contributed by atoms with van der Waals surface area (Å²) in [4.78, 5) is 4.04. The number of rotatable bonds is 5. The van der Waals surface area contributed by atoms with Crippen LogP contribution in [-0.2, 0) is 19.9 Å². The van der Waals surface area contributed by atoms with Gasteiger partial charge in [0.25, 0.3) is 0 Å². The number of aromatic nitrogens is 1. The Morgan fingerprint density at radius 1 is 1.22 bits per heavy atom. The molecule has 0 aliphatic rings. The molecule has 0 aliphatic heterocycles. The van der Waals surface area contributed by atoms with Gasteiger partial charge in [0.15, 0.2) is 0 Å². The molecule has 1 N–H and O–H groups in total. The minimum Gasteiger partial charge on any atom is -0.282 e. The summed E-state index contributed by atoms with van der Waals surface area (Å²) in [6, 6.07) is 3.16. The Labute approximate surface area is 115 Å². The fourth-order valence-corrected chi connectivity index (χ4v) is 4.26. The largest absolute Gasteiger partial charge is 0.282 e. The lowest BCUT2D eigenvalue weighted by Gasteiger charge is -2.09. The Morgan fingerprint density at radius 2 is 1.83 bits per heavy atom. The second-order valence-corrected chi connectivity index (χ2v) is 8.73. The van der Waals surface area contributed by atoms with Crippen LogP contribution < -0.4 is 4.72 Å². The molecular weight excluding hydrogens is 344 g/mol. The van der Waals surface area contributed by atoms with Gasteiger partial charge in [0, 0.05) is 6.26 Å². The van der Waals surface area contributed by atoms with E-state index >= 15 is 0 Å². The van der Waals surface area contributed by atoms with Crippen molar-refractivity contribution in [3.05, 3.63) is 22.4 Å². The highest BCUT2D eigenvalue weighted by Gasteiger charge is 2.15. The molecule has 0 spiro atoms. The molecule has 0 aromatic carbocycles. The van der Waals surface area contributed by atoms with Crippen molar-refractivity contribution < 1.29 is 16.8 Å². The van der Waals surface area contributed by atoms with E-state index < -0.39 is 31.4 Å². The van der Waals surface area contributed by atoms with Gasteiger partial charge < -0.3 is 0 Å². The van der Waals surface area contributed by atoms with Crippen molar-refractivity contribution in [2.24, 2.45) is 0 Å². The highest BCUT2D eigenvalue weighted by Crippen LogP contribution is 2.17. The third-order valence-corrected chi connectivity index (χ3v) is 4.96. The maximum absolute atomic E-state index is 11.7. The summed E-state index contributed by atoms with van der Waals surface area (Å²) in [7, 11) is -7.00. The highest BCUT2D eigenvalue weighted by atomic mass is 79.9. The molecule has 0 fully saturated rings. The quantitative estimate of drug-likeness (QED) is 0.792. The first-order valence-corrected chi connectivity index (χ1v) is 9.41. The second kappa shape index (κ2) is 5.54. The first-order chi connectivity index (χ1) is 8.09. The minimum atomic E-state index is -3.69. The van der Waals surface area contributed by atoms with Crippen LogP contribution in [0.5, 0.6) is 0 Å². The molecule has 1 rings (SSSR count). The number of hydrogen-bond acceptors (Lipinski definition) is 5. The van der Waals surface area contributed by atoms with E-state index in [1.165, 1.54) is 0 Å². The molecule has 0 amide bonds. The van der Waals surface area contributed by atoms with Crippen LogP contribution in [0.25, 0.3) is 0 Å². The Balaban J connectivity index is 2.83. The second-order valence-electron chi connectivity index (χ2n) is 3.82. The molecule has 0 atom stereocenters. The van der Waals surface area contributed by atoms with E-state index in [0.29, 0.717) is 16.0 Å². The van der Waals surface area contributed by atoms with Crippen LogP contribution in [0.3, 0.4) is 0 Å². The van der Waals surface area contributed by atoms with E-state index in [1.807, 2.05) is 0 Å². The predicted octanol–water partition coefficient (Wildman–Crippen LogP) is 0.939. The van der Waals surface area contributed by atoms with Gasteiger partial charge in [0.2, 0.25) is 10.0 Å². The number of nitrogens with zero attached hydrogens (tertiary/aromatic N) is 1. The summed E-state index contributed by atoms with van der Waals surface area (Å²) in [5, 5.41) is 0. The first-order valence-electron chi connectivity index (χ1n) is 4.90. The molecule has 0 saturated carbocycles. The summed E-state index contributed by atoms with van der Waals surface area (Å²) < 4.78 is 48.1. The first kappa shape index (κ1) is 15.4. The van der Waals surface area contributed by atoms with E-state index in [2.05, 4.69) is 25.6 Å². The molecule has 9 heteroatoms. The van der Waals surface area contributed by atoms with Gasteiger partial charge in [-0.2, -0.15) is 0 Å². The van der Waals surface area contributed by atoms with Crippen molar-refractivity contribution in [1.82, 2.24) is 4.98 Å². The minimum absolute atomic E-state index is 0.340. The Hall–Kier alpha value is -0.670. The van der Waals surface area contributed by atoms with Crippen molar-refractivity contribution in [3.8, 4) is 0 Å². The van der Waals surface area contributed by atoms with Gasteiger partial charge in [-0.25, -0.2) is 21.8 Å². The normalized spacial score (nSPS) is 12.4. The summed E-state index contributed by atoms with van der Waals surface area (Å²) in [5.41, 5.74) is 0.846. The van der Waals surface area contributed by atoms with E-state index in [0.717, 1.165) is 6.26 Å². The number of nitrogens with one attached hydrogen (secondary N) is 1. The van der Waals surface area contributed by atoms with Crippen molar-refractivity contribution in [2.45, 2.75) is 6.92 Å². The fourth-order valence-electron chi connectivity index (χ4n) is 1.12. The molecule has 18 heavy (non-hydrogen) atoms. The molecule has 1 aromatic rings. The van der Waals surface area contributed by atoms with E-state index in [1.54, 1.807) is 19.1 Å². The third-order valence-electron chi connectivity index (χ3n) is 2.04. The fraction of sp³-hybridized carbons (Fsp3) is 0.444. The number of anilines is 1. The Morgan fingerprint density at radius 3 is 2.33 bits per heavy atom. The maximum Gasteiger partial charge on any atom is 0.233 e. The van der Waals surface area contributed by atoms with Crippen LogP contribution >= 0.6 is 15.9 Å². The van der Waals surface area contributed by atoms with Crippen LogP contribution in [0.4, 0.5) is 5.69 Å². The predicted molar refractivity (Wildman–Crippen MR) is 73.8 cm³/mol. The van der Waals surface area contributed by atoms with Crippen molar-refractivity contribution in [3.63, 3.8) is 0 Å². The van der Waals surface area contributed by atoms with Gasteiger partial charge in [-0.05, 0) is 35.0 Å². The number of aryl methyl sites for hydroxylation is 1. The monoisotopic (exact) mass is 356 g/mol. The Kier molecular flexibility index (Phi) is 4.73. The summed E-state index contributed by atoms with van der Waals surface area (Å²) in [6.45, 7) is 1.65. The van der Waals surface area contributed by atoms with Gasteiger partial charge >= 0.3 is 0 Å². The molecule has 1 heterocycles. The SMILES string of the molecule is Cc1nc(Br)ccc1NS(=O)(=O)CCS(C)(=O)=O. The number of hydrogen-bond donors (Lipinski definition) is 1. The molecule has 102 valence electrons. The zero-order valence-electron chi connectivity index (χ0n) is 9.84. The summed E-state index contributed by atoms with van der Waals surface area (Å²) in [6.07, 6.45) is 0.995. The lowest BCUT2D eigenvalue weighted by molar-refractivity contribution is 0.593. The van der Waals surface area contributed by atoms with Crippen LogP contribution in [0.2, 0.25) is 0 Å². The van der Waals surface area contributed by atoms with Gasteiger partial charge in [-0.3, -0.25) is 4.72 Å². The van der Waals surface area contributed by atoms with Gasteiger partial charge in [0.1, 0.15) is 14.4 Å². The number of sulfonamides is 1. The number of sulfone groups is 1. The number of halogens is 1. The van der Waals surface area contributed by atoms with Gasteiger partial charge in [0.05, 0.1) is 22.9 Å². The molecular formula is C9H13BrN2O4S2. The van der Waals surface area contributed by atoms with Gasteiger partial charge in [-0.15, -0.1) is 0 Å². The van der Waals surface area contributed by atoms with Crippen LogP contribution in [0, 0.1) is 6.92 Å².